The Labute approximate surface area is 135 Å². The number of carboxylic acid groups (broad SMARTS) is 1. The minimum atomic E-state index is -1.21. The third-order valence-electron chi connectivity index (χ3n) is 3.80. The Hall–Kier alpha value is -2.88. The molecule has 3 rings (SSSR count). The second kappa shape index (κ2) is 6.48. The van der Waals surface area contributed by atoms with Crippen molar-refractivity contribution in [3.63, 3.8) is 0 Å². The molecular formula is C19H17N2O2-. The summed E-state index contributed by atoms with van der Waals surface area (Å²) in [4.78, 5) is 11.4. The van der Waals surface area contributed by atoms with Gasteiger partial charge in [0.15, 0.2) is 0 Å². The molecule has 0 radical (unpaired) electrons. The molecule has 0 aliphatic rings. The molecule has 0 fully saturated rings. The molecule has 23 heavy (non-hydrogen) atoms. The number of rotatable bonds is 5. The first-order valence-electron chi connectivity index (χ1n) is 7.59. The van der Waals surface area contributed by atoms with Gasteiger partial charge in [-0.1, -0.05) is 61.5 Å². The van der Waals surface area contributed by atoms with E-state index in [0.717, 1.165) is 17.5 Å². The average molecular weight is 305 g/mol. The predicted octanol–water partition coefficient (Wildman–Crippen LogP) is 2.52. The fourth-order valence-corrected chi connectivity index (χ4v) is 2.53. The third-order valence-corrected chi connectivity index (χ3v) is 3.80. The Kier molecular flexibility index (Phi) is 4.24. The molecule has 4 nitrogen and oxygen atoms in total. The van der Waals surface area contributed by atoms with Crippen molar-refractivity contribution in [2.75, 3.05) is 0 Å². The van der Waals surface area contributed by atoms with Gasteiger partial charge in [0.2, 0.25) is 0 Å². The highest BCUT2D eigenvalue weighted by Crippen LogP contribution is 2.23. The highest BCUT2D eigenvalue weighted by Gasteiger charge is 2.12. The molecule has 0 amide bonds. The number of hydrogen-bond acceptors (Lipinski definition) is 3. The average Bonchev–Trinajstić information content (AvgIpc) is 3.00. The van der Waals surface area contributed by atoms with E-state index in [9.17, 15) is 9.90 Å². The molecular weight excluding hydrogens is 288 g/mol. The maximum atomic E-state index is 11.4. The van der Waals surface area contributed by atoms with Gasteiger partial charge in [-0.05, 0) is 17.5 Å². The largest absolute Gasteiger partial charge is 0.545 e. The lowest BCUT2D eigenvalue weighted by Crippen LogP contribution is -2.22. The molecule has 0 saturated carbocycles. The third kappa shape index (κ3) is 3.31. The second-order valence-corrected chi connectivity index (χ2v) is 5.41. The van der Waals surface area contributed by atoms with Gasteiger partial charge in [0.1, 0.15) is 5.69 Å². The van der Waals surface area contributed by atoms with Crippen molar-refractivity contribution in [1.82, 2.24) is 9.78 Å². The smallest absolute Gasteiger partial charge is 0.101 e. The first-order chi connectivity index (χ1) is 11.2. The summed E-state index contributed by atoms with van der Waals surface area (Å²) in [6.07, 6.45) is 2.47. The zero-order valence-corrected chi connectivity index (χ0v) is 12.9. The molecule has 0 bridgehead atoms. The predicted molar refractivity (Wildman–Crippen MR) is 86.9 cm³/mol. The van der Waals surface area contributed by atoms with E-state index in [-0.39, 0.29) is 5.56 Å². The Morgan fingerprint density at radius 2 is 1.74 bits per heavy atom. The van der Waals surface area contributed by atoms with Crippen LogP contribution in [-0.2, 0) is 13.0 Å². The van der Waals surface area contributed by atoms with E-state index in [0.29, 0.717) is 12.2 Å². The minimum absolute atomic E-state index is 0.116. The number of aromatic nitrogens is 2. The molecule has 4 heteroatoms. The van der Waals surface area contributed by atoms with E-state index in [2.05, 4.69) is 12.0 Å². The molecule has 1 aromatic heterocycles. The minimum Gasteiger partial charge on any atom is -0.545 e. The van der Waals surface area contributed by atoms with Gasteiger partial charge >= 0.3 is 0 Å². The first-order valence-corrected chi connectivity index (χ1v) is 7.59. The topological polar surface area (TPSA) is 58.0 Å². The summed E-state index contributed by atoms with van der Waals surface area (Å²) < 4.78 is 1.64. The Morgan fingerprint density at radius 1 is 1.04 bits per heavy atom. The molecule has 0 unspecified atom stereocenters. The summed E-state index contributed by atoms with van der Waals surface area (Å²) in [7, 11) is 0. The maximum Gasteiger partial charge on any atom is 0.101 e. The van der Waals surface area contributed by atoms with Gasteiger partial charge in [-0.2, -0.15) is 5.10 Å². The zero-order chi connectivity index (χ0) is 16.2. The van der Waals surface area contributed by atoms with Crippen LogP contribution in [0.15, 0.2) is 60.8 Å². The van der Waals surface area contributed by atoms with Crippen molar-refractivity contribution in [3.05, 3.63) is 77.5 Å². The van der Waals surface area contributed by atoms with E-state index in [4.69, 9.17) is 0 Å². The normalized spacial score (nSPS) is 10.7. The number of benzene rings is 2. The Balaban J connectivity index is 1.96. The molecule has 0 spiro atoms. The van der Waals surface area contributed by atoms with Gasteiger partial charge in [0.05, 0.1) is 12.5 Å². The van der Waals surface area contributed by atoms with Crippen LogP contribution in [0.4, 0.5) is 0 Å². The summed E-state index contributed by atoms with van der Waals surface area (Å²) in [6, 6.07) is 17.6. The van der Waals surface area contributed by atoms with Gasteiger partial charge in [0.25, 0.3) is 0 Å². The maximum absolute atomic E-state index is 11.4. The van der Waals surface area contributed by atoms with Crippen molar-refractivity contribution in [3.8, 4) is 11.3 Å². The molecule has 3 aromatic rings. The van der Waals surface area contributed by atoms with Crippen LogP contribution in [0.5, 0.6) is 0 Å². The van der Waals surface area contributed by atoms with Gasteiger partial charge in [-0.15, -0.1) is 0 Å². The summed E-state index contributed by atoms with van der Waals surface area (Å²) in [6.45, 7) is 2.60. The number of nitrogens with zero attached hydrogens (tertiary/aromatic N) is 2. The second-order valence-electron chi connectivity index (χ2n) is 5.41. The molecule has 0 atom stereocenters. The van der Waals surface area contributed by atoms with Crippen LogP contribution in [0, 0.1) is 0 Å². The van der Waals surface area contributed by atoms with Crippen LogP contribution < -0.4 is 5.11 Å². The number of aryl methyl sites for hydroxylation is 1. The lowest BCUT2D eigenvalue weighted by molar-refractivity contribution is -0.254. The van der Waals surface area contributed by atoms with E-state index in [1.807, 2.05) is 54.6 Å². The SMILES string of the molecule is CCc1ccc(-c2nn(Cc3ccccc3)cc2C(=O)[O-])cc1. The summed E-state index contributed by atoms with van der Waals surface area (Å²) in [5, 5.41) is 15.9. The molecule has 0 N–H and O–H groups in total. The van der Waals surface area contributed by atoms with Gasteiger partial charge in [-0.25, -0.2) is 0 Å². The van der Waals surface area contributed by atoms with Gasteiger partial charge in [0, 0.05) is 17.3 Å². The van der Waals surface area contributed by atoms with Crippen LogP contribution in [0.2, 0.25) is 0 Å². The van der Waals surface area contributed by atoms with Gasteiger partial charge < -0.3 is 9.90 Å². The lowest BCUT2D eigenvalue weighted by atomic mass is 10.1. The van der Waals surface area contributed by atoms with E-state index < -0.39 is 5.97 Å². The van der Waals surface area contributed by atoms with Gasteiger partial charge in [-0.3, -0.25) is 4.68 Å². The number of hydrogen-bond donors (Lipinski definition) is 0. The summed E-state index contributed by atoms with van der Waals surface area (Å²) in [5.74, 6) is -1.21. The molecule has 0 aliphatic heterocycles. The summed E-state index contributed by atoms with van der Waals surface area (Å²) >= 11 is 0. The van der Waals surface area contributed by atoms with Crippen molar-refractivity contribution in [1.29, 1.82) is 0 Å². The van der Waals surface area contributed by atoms with Crippen LogP contribution in [0.3, 0.4) is 0 Å². The fourth-order valence-electron chi connectivity index (χ4n) is 2.53. The Bertz CT molecular complexity index is 805. The number of aromatic carboxylic acids is 1. The standard InChI is InChI=1S/C19H18N2O2/c1-2-14-8-10-16(11-9-14)18-17(19(22)23)13-21(20-18)12-15-6-4-3-5-7-15/h3-11,13H,2,12H2,1H3,(H,22,23)/p-1. The molecule has 1 heterocycles. The number of carbonyl (C=O) groups is 1. The van der Waals surface area contributed by atoms with Crippen LogP contribution in [-0.4, -0.2) is 15.7 Å². The lowest BCUT2D eigenvalue weighted by Gasteiger charge is -2.04. The first kappa shape index (κ1) is 15.0. The number of carbonyl (C=O) groups excluding carboxylic acids is 1. The van der Waals surface area contributed by atoms with Crippen molar-refractivity contribution in [2.24, 2.45) is 0 Å². The quantitative estimate of drug-likeness (QED) is 0.728. The van der Waals surface area contributed by atoms with E-state index in [1.54, 1.807) is 4.68 Å². The van der Waals surface area contributed by atoms with Crippen LogP contribution in [0.25, 0.3) is 11.3 Å². The van der Waals surface area contributed by atoms with Crippen molar-refractivity contribution >= 4 is 5.97 Å². The van der Waals surface area contributed by atoms with E-state index >= 15 is 0 Å². The van der Waals surface area contributed by atoms with Crippen molar-refractivity contribution in [2.45, 2.75) is 19.9 Å². The molecule has 0 saturated heterocycles. The highest BCUT2D eigenvalue weighted by molar-refractivity contribution is 5.93. The van der Waals surface area contributed by atoms with Crippen LogP contribution in [0.1, 0.15) is 28.4 Å². The molecule has 116 valence electrons. The van der Waals surface area contributed by atoms with Crippen molar-refractivity contribution < 1.29 is 9.90 Å². The molecule has 0 aliphatic carbocycles. The van der Waals surface area contributed by atoms with Crippen LogP contribution >= 0.6 is 0 Å². The zero-order valence-electron chi connectivity index (χ0n) is 12.9. The highest BCUT2D eigenvalue weighted by atomic mass is 16.4. The summed E-state index contributed by atoms with van der Waals surface area (Å²) in [5.41, 5.74) is 3.61. The number of carboxylic acids is 1. The Morgan fingerprint density at radius 3 is 2.35 bits per heavy atom. The monoisotopic (exact) mass is 305 g/mol. The van der Waals surface area contributed by atoms with E-state index in [1.165, 1.54) is 11.8 Å². The fraction of sp³-hybridized carbons (Fsp3) is 0.158. The molecule has 2 aromatic carbocycles.